The molecule has 1 amide bonds. The van der Waals surface area contributed by atoms with Gasteiger partial charge in [0.1, 0.15) is 5.82 Å². The number of carboxylic acids is 1. The quantitative estimate of drug-likeness (QED) is 0.274. The van der Waals surface area contributed by atoms with E-state index in [0.29, 0.717) is 35.2 Å². The van der Waals surface area contributed by atoms with Crippen molar-refractivity contribution >= 4 is 17.9 Å². The van der Waals surface area contributed by atoms with E-state index in [0.717, 1.165) is 13.3 Å². The molecular formula is C30H29F2N3O4. The Labute approximate surface area is 225 Å². The molecule has 1 saturated carbocycles. The Kier molecular flexibility index (Phi) is 8.39. The van der Waals surface area contributed by atoms with Gasteiger partial charge < -0.3 is 9.84 Å². The summed E-state index contributed by atoms with van der Waals surface area (Å²) in [7, 11) is 1.16. The fourth-order valence-corrected chi connectivity index (χ4v) is 4.30. The van der Waals surface area contributed by atoms with E-state index in [1.54, 1.807) is 36.4 Å². The van der Waals surface area contributed by atoms with Crippen LogP contribution in [0.25, 0.3) is 16.8 Å². The monoisotopic (exact) mass is 533 g/mol. The third-order valence-corrected chi connectivity index (χ3v) is 6.62. The number of carbonyl (C=O) groups is 2. The second kappa shape index (κ2) is 11.9. The lowest BCUT2D eigenvalue weighted by molar-refractivity contribution is -0.140. The Bertz CT molecular complexity index is 1450. The number of halogens is 2. The van der Waals surface area contributed by atoms with E-state index >= 15 is 0 Å². The number of anilines is 1. The zero-order valence-electron chi connectivity index (χ0n) is 21.7. The van der Waals surface area contributed by atoms with Crippen molar-refractivity contribution in [1.29, 1.82) is 0 Å². The summed E-state index contributed by atoms with van der Waals surface area (Å²) in [4.78, 5) is 22.9. The fourth-order valence-electron chi connectivity index (χ4n) is 4.30. The summed E-state index contributed by atoms with van der Waals surface area (Å²) < 4.78 is 34.3. The van der Waals surface area contributed by atoms with Crippen LogP contribution in [0.4, 0.5) is 19.4 Å². The van der Waals surface area contributed by atoms with Crippen molar-refractivity contribution < 1.29 is 28.2 Å². The summed E-state index contributed by atoms with van der Waals surface area (Å²) in [5.41, 5.74) is 2.23. The van der Waals surface area contributed by atoms with Crippen LogP contribution in [0.3, 0.4) is 0 Å². The van der Waals surface area contributed by atoms with E-state index in [9.17, 15) is 23.5 Å². The van der Waals surface area contributed by atoms with Crippen LogP contribution < -0.4 is 5.32 Å². The van der Waals surface area contributed by atoms with Gasteiger partial charge in [-0.3, -0.25) is 10.1 Å². The van der Waals surface area contributed by atoms with Crippen molar-refractivity contribution in [1.82, 2.24) is 9.78 Å². The highest BCUT2D eigenvalue weighted by Gasteiger charge is 2.51. The van der Waals surface area contributed by atoms with Crippen LogP contribution in [0, 0.1) is 11.6 Å². The second-order valence-electron chi connectivity index (χ2n) is 9.23. The van der Waals surface area contributed by atoms with Crippen molar-refractivity contribution in [2.45, 2.75) is 38.0 Å². The number of aryl methyl sites for hydroxylation is 1. The van der Waals surface area contributed by atoms with E-state index in [4.69, 9.17) is 0 Å². The third kappa shape index (κ3) is 6.14. The largest absolute Gasteiger partial charge is 0.481 e. The van der Waals surface area contributed by atoms with Gasteiger partial charge in [-0.25, -0.2) is 18.3 Å². The van der Waals surface area contributed by atoms with Gasteiger partial charge >= 0.3 is 12.1 Å². The number of benzene rings is 3. The highest BCUT2D eigenvalue weighted by atomic mass is 19.1. The predicted octanol–water partition coefficient (Wildman–Crippen LogP) is 6.75. The number of nitrogens with zero attached hydrogens (tertiary/aromatic N) is 2. The number of carbonyl (C=O) groups excluding carboxylic acids is 1. The summed E-state index contributed by atoms with van der Waals surface area (Å²) in [6.07, 6.45) is 3.55. The number of nitrogens with one attached hydrogen (secondary N) is 1. The summed E-state index contributed by atoms with van der Waals surface area (Å²) in [6, 6.07) is 21.5. The summed E-state index contributed by atoms with van der Waals surface area (Å²) in [6.45, 7) is 2.20. The average molecular weight is 534 g/mol. The van der Waals surface area contributed by atoms with E-state index in [1.165, 1.54) is 29.2 Å². The zero-order chi connectivity index (χ0) is 28.0. The van der Waals surface area contributed by atoms with Gasteiger partial charge in [-0.05, 0) is 54.2 Å². The first kappa shape index (κ1) is 27.5. The number of methoxy groups -OCH3 is 1. The molecule has 1 aliphatic rings. The van der Waals surface area contributed by atoms with Crippen LogP contribution in [0.15, 0.2) is 79.0 Å². The highest BCUT2D eigenvalue weighted by molar-refractivity contribution is 5.85. The topological polar surface area (TPSA) is 93.5 Å². The number of hydrogen-bond acceptors (Lipinski definition) is 4. The highest BCUT2D eigenvalue weighted by Crippen LogP contribution is 2.49. The average Bonchev–Trinajstić information content (AvgIpc) is 3.69. The van der Waals surface area contributed by atoms with Crippen LogP contribution in [0.2, 0.25) is 0 Å². The van der Waals surface area contributed by atoms with Gasteiger partial charge in [0, 0.05) is 5.56 Å². The van der Waals surface area contributed by atoms with Crippen molar-refractivity contribution in [3.8, 4) is 16.8 Å². The SMILES string of the molecule is CCCc1ccccc1.COC(=O)Nc1c(F)cnn1-c1ccc(-c2ccc(C3(C(=O)O)CC3)cc2F)cc1. The summed E-state index contributed by atoms with van der Waals surface area (Å²) in [5.74, 6) is -2.39. The number of carboxylic acid groups (broad SMARTS) is 1. The van der Waals surface area contributed by atoms with Crippen molar-refractivity contribution in [3.63, 3.8) is 0 Å². The van der Waals surface area contributed by atoms with Crippen LogP contribution >= 0.6 is 0 Å². The van der Waals surface area contributed by atoms with Crippen molar-refractivity contribution in [2.24, 2.45) is 0 Å². The normalized spacial score (nSPS) is 13.1. The predicted molar refractivity (Wildman–Crippen MR) is 144 cm³/mol. The first-order valence-electron chi connectivity index (χ1n) is 12.6. The van der Waals surface area contributed by atoms with Crippen LogP contribution in [0.1, 0.15) is 37.3 Å². The molecule has 202 valence electrons. The number of aliphatic carboxylic acids is 1. The molecule has 5 rings (SSSR count). The number of aromatic nitrogens is 2. The van der Waals surface area contributed by atoms with Crippen LogP contribution in [-0.2, 0) is 21.4 Å². The van der Waals surface area contributed by atoms with Gasteiger partial charge in [-0.1, -0.05) is 67.9 Å². The minimum atomic E-state index is -0.976. The van der Waals surface area contributed by atoms with Gasteiger partial charge in [0.2, 0.25) is 0 Å². The number of amides is 1. The smallest absolute Gasteiger partial charge is 0.412 e. The third-order valence-electron chi connectivity index (χ3n) is 6.62. The molecule has 2 N–H and O–H groups in total. The standard InChI is InChI=1S/C21H17F2N3O4.C9H12/c1-30-20(29)25-18-17(23)11-24-26(18)14-5-2-12(3-6-14)15-7-4-13(10-16(15)22)21(8-9-21)19(27)28;1-2-6-9-7-4-3-5-8-9/h2-7,10-11H,8-9H2,1H3,(H,25,29)(H,27,28);3-5,7-8H,2,6H2,1H3. The molecule has 39 heavy (non-hydrogen) atoms. The molecule has 7 nitrogen and oxygen atoms in total. The molecule has 1 aromatic heterocycles. The Hall–Kier alpha value is -4.53. The van der Waals surface area contributed by atoms with Gasteiger partial charge in [-0.15, -0.1) is 0 Å². The number of ether oxygens (including phenoxy) is 1. The molecular weight excluding hydrogens is 504 g/mol. The molecule has 0 bridgehead atoms. The van der Waals surface area contributed by atoms with Gasteiger partial charge in [-0.2, -0.15) is 5.10 Å². The molecule has 3 aromatic carbocycles. The molecule has 1 aliphatic carbocycles. The van der Waals surface area contributed by atoms with E-state index in [-0.39, 0.29) is 5.82 Å². The molecule has 0 unspecified atom stereocenters. The maximum Gasteiger partial charge on any atom is 0.412 e. The van der Waals surface area contributed by atoms with Crippen molar-refractivity contribution in [2.75, 3.05) is 12.4 Å². The number of rotatable bonds is 7. The Morgan fingerprint density at radius 1 is 1.03 bits per heavy atom. The Balaban J connectivity index is 0.000000333. The lowest BCUT2D eigenvalue weighted by atomic mass is 9.93. The van der Waals surface area contributed by atoms with E-state index < -0.39 is 29.1 Å². The Morgan fingerprint density at radius 3 is 2.28 bits per heavy atom. The molecule has 4 aromatic rings. The lowest BCUT2D eigenvalue weighted by Crippen LogP contribution is -2.19. The second-order valence-corrected chi connectivity index (χ2v) is 9.23. The van der Waals surface area contributed by atoms with E-state index in [2.05, 4.69) is 52.4 Å². The maximum absolute atomic E-state index is 14.7. The van der Waals surface area contributed by atoms with E-state index in [1.807, 2.05) is 0 Å². The van der Waals surface area contributed by atoms with Crippen LogP contribution in [-0.4, -0.2) is 34.1 Å². The Morgan fingerprint density at radius 2 is 1.72 bits per heavy atom. The minimum Gasteiger partial charge on any atom is -0.481 e. The fraction of sp³-hybridized carbons (Fsp3) is 0.233. The molecule has 9 heteroatoms. The first-order valence-corrected chi connectivity index (χ1v) is 12.6. The van der Waals surface area contributed by atoms with Crippen LogP contribution in [0.5, 0.6) is 0 Å². The maximum atomic E-state index is 14.7. The minimum absolute atomic E-state index is 0.187. The van der Waals surface area contributed by atoms with Gasteiger partial charge in [0.25, 0.3) is 0 Å². The number of hydrogen-bond donors (Lipinski definition) is 2. The van der Waals surface area contributed by atoms with Gasteiger partial charge in [0.05, 0.1) is 24.4 Å². The summed E-state index contributed by atoms with van der Waals surface area (Å²) in [5, 5.41) is 15.5. The lowest BCUT2D eigenvalue weighted by Gasteiger charge is -2.13. The molecule has 0 aliphatic heterocycles. The molecule has 0 spiro atoms. The first-order chi connectivity index (χ1) is 18.8. The molecule has 0 radical (unpaired) electrons. The molecule has 1 heterocycles. The molecule has 0 saturated heterocycles. The molecule has 1 fully saturated rings. The molecule has 0 atom stereocenters. The summed E-state index contributed by atoms with van der Waals surface area (Å²) >= 11 is 0. The zero-order valence-corrected chi connectivity index (χ0v) is 21.7. The van der Waals surface area contributed by atoms with Gasteiger partial charge in [0.15, 0.2) is 11.6 Å². The van der Waals surface area contributed by atoms with Crippen molar-refractivity contribution in [3.05, 3.63) is 102 Å².